The van der Waals surface area contributed by atoms with Crippen molar-refractivity contribution >= 4 is 17.3 Å². The van der Waals surface area contributed by atoms with Gasteiger partial charge in [-0.15, -0.1) is 0 Å². The quantitative estimate of drug-likeness (QED) is 0.709. The van der Waals surface area contributed by atoms with E-state index < -0.39 is 5.60 Å². The maximum absolute atomic E-state index is 13.4. The molecule has 0 bridgehead atoms. The summed E-state index contributed by atoms with van der Waals surface area (Å²) in [5.74, 6) is 0.240. The zero-order chi connectivity index (χ0) is 23.9. The van der Waals surface area contributed by atoms with E-state index in [0.717, 1.165) is 69.4 Å². The molecule has 3 fully saturated rings. The normalized spacial score (nSPS) is 27.5. The second-order valence-electron chi connectivity index (χ2n) is 10.9. The van der Waals surface area contributed by atoms with Crippen molar-refractivity contribution in [1.29, 1.82) is 0 Å². The first-order valence-corrected chi connectivity index (χ1v) is 13.0. The van der Waals surface area contributed by atoms with Gasteiger partial charge in [-0.2, -0.15) is 0 Å². The van der Waals surface area contributed by atoms with Crippen LogP contribution in [-0.2, 0) is 16.8 Å². The van der Waals surface area contributed by atoms with Gasteiger partial charge in [-0.1, -0.05) is 43.2 Å². The smallest absolute Gasteiger partial charge is 0.230 e. The minimum atomic E-state index is -0.682. The number of anilines is 2. The summed E-state index contributed by atoms with van der Waals surface area (Å²) in [4.78, 5) is 20.3. The third-order valence-electron chi connectivity index (χ3n) is 8.62. The summed E-state index contributed by atoms with van der Waals surface area (Å²) in [6.07, 6.45) is 5.51. The Morgan fingerprint density at radius 1 is 0.971 bits per heavy atom. The second-order valence-corrected chi connectivity index (χ2v) is 10.9. The van der Waals surface area contributed by atoms with Gasteiger partial charge in [0.15, 0.2) is 0 Å². The first-order valence-electron chi connectivity index (χ1n) is 13.0. The molecule has 2 aromatic carbocycles. The van der Waals surface area contributed by atoms with Crippen LogP contribution in [0, 0.1) is 5.92 Å². The van der Waals surface area contributed by atoms with Crippen molar-refractivity contribution < 1.29 is 9.90 Å². The summed E-state index contributed by atoms with van der Waals surface area (Å²) in [5, 5.41) is 10.9. The van der Waals surface area contributed by atoms with Crippen LogP contribution in [0.4, 0.5) is 11.4 Å². The fourth-order valence-electron chi connectivity index (χ4n) is 6.24. The molecule has 2 saturated heterocycles. The fourth-order valence-corrected chi connectivity index (χ4v) is 6.24. The van der Waals surface area contributed by atoms with Crippen LogP contribution in [0.25, 0.3) is 0 Å². The van der Waals surface area contributed by atoms with E-state index in [4.69, 9.17) is 0 Å². The molecule has 34 heavy (non-hydrogen) atoms. The molecule has 3 aliphatic rings. The molecule has 3 atom stereocenters. The number of para-hydroxylation sites is 1. The molecule has 2 aromatic rings. The van der Waals surface area contributed by atoms with Crippen LogP contribution in [0.5, 0.6) is 0 Å². The van der Waals surface area contributed by atoms with Gasteiger partial charge in [0.05, 0.1) is 5.60 Å². The van der Waals surface area contributed by atoms with Crippen LogP contribution in [-0.4, -0.2) is 54.7 Å². The van der Waals surface area contributed by atoms with Crippen molar-refractivity contribution in [1.82, 2.24) is 4.90 Å². The van der Waals surface area contributed by atoms with Gasteiger partial charge in [0.2, 0.25) is 5.91 Å². The third-order valence-corrected chi connectivity index (χ3v) is 8.62. The second kappa shape index (κ2) is 9.35. The molecule has 2 aliphatic heterocycles. The molecule has 182 valence electrons. The Balaban J connectivity index is 1.29. The standard InChI is InChI=1S/C29H39N3O2/c1-21-19-31(20-22(2)30(21)3)27-9-5-4-8-23(27)18-24-14-17-32(28(24)33)26-12-10-25(11-13-26)29(34)15-6-7-16-29/h4-5,8-13,21-22,24,34H,6-7,14-20H2,1-3H3/t21-,22+,24?. The summed E-state index contributed by atoms with van der Waals surface area (Å²) in [6.45, 7) is 7.38. The van der Waals surface area contributed by atoms with Crippen LogP contribution in [0.3, 0.4) is 0 Å². The highest BCUT2D eigenvalue weighted by atomic mass is 16.3. The Hall–Kier alpha value is -2.37. The highest BCUT2D eigenvalue weighted by Gasteiger charge is 2.36. The molecule has 0 aromatic heterocycles. The largest absolute Gasteiger partial charge is 0.385 e. The Morgan fingerprint density at radius 3 is 2.29 bits per heavy atom. The Kier molecular flexibility index (Phi) is 6.43. The number of nitrogens with zero attached hydrogens (tertiary/aromatic N) is 3. The maximum Gasteiger partial charge on any atom is 0.230 e. The number of carbonyl (C=O) groups is 1. The summed E-state index contributed by atoms with van der Waals surface area (Å²) in [5.41, 5.74) is 3.83. The van der Waals surface area contributed by atoms with Crippen LogP contribution >= 0.6 is 0 Å². The lowest BCUT2D eigenvalue weighted by Crippen LogP contribution is -2.55. The Bertz CT molecular complexity index is 1000. The number of hydrogen-bond acceptors (Lipinski definition) is 4. The van der Waals surface area contributed by atoms with E-state index >= 15 is 0 Å². The number of rotatable bonds is 5. The number of benzene rings is 2. The van der Waals surface area contributed by atoms with E-state index in [2.05, 4.69) is 55.0 Å². The van der Waals surface area contributed by atoms with E-state index in [1.54, 1.807) is 0 Å². The summed E-state index contributed by atoms with van der Waals surface area (Å²) < 4.78 is 0. The lowest BCUT2D eigenvalue weighted by Gasteiger charge is -2.44. The number of aliphatic hydroxyl groups is 1. The van der Waals surface area contributed by atoms with Gasteiger partial charge in [0.25, 0.3) is 0 Å². The average molecular weight is 462 g/mol. The number of hydrogen-bond donors (Lipinski definition) is 1. The maximum atomic E-state index is 13.4. The molecule has 5 heteroatoms. The predicted molar refractivity (Wildman–Crippen MR) is 138 cm³/mol. The number of piperazine rings is 1. The van der Waals surface area contributed by atoms with Gasteiger partial charge < -0.3 is 14.9 Å². The van der Waals surface area contributed by atoms with Crippen molar-refractivity contribution in [3.63, 3.8) is 0 Å². The molecule has 1 amide bonds. The summed E-state index contributed by atoms with van der Waals surface area (Å²) in [7, 11) is 2.21. The monoisotopic (exact) mass is 461 g/mol. The lowest BCUT2D eigenvalue weighted by atomic mass is 9.92. The highest BCUT2D eigenvalue weighted by molar-refractivity contribution is 5.97. The molecule has 2 heterocycles. The molecule has 0 radical (unpaired) electrons. The zero-order valence-corrected chi connectivity index (χ0v) is 20.9. The minimum Gasteiger partial charge on any atom is -0.385 e. The lowest BCUT2D eigenvalue weighted by molar-refractivity contribution is -0.120. The van der Waals surface area contributed by atoms with Gasteiger partial charge in [0.1, 0.15) is 0 Å². The van der Waals surface area contributed by atoms with Gasteiger partial charge in [-0.3, -0.25) is 9.69 Å². The van der Waals surface area contributed by atoms with Crippen molar-refractivity contribution in [3.05, 3.63) is 59.7 Å². The minimum absolute atomic E-state index is 0.0159. The topological polar surface area (TPSA) is 47.0 Å². The molecular formula is C29H39N3O2. The first kappa shape index (κ1) is 23.4. The van der Waals surface area contributed by atoms with Crippen molar-refractivity contribution in [3.8, 4) is 0 Å². The van der Waals surface area contributed by atoms with Crippen LogP contribution in [0.15, 0.2) is 48.5 Å². The number of amides is 1. The SMILES string of the molecule is C[C@@H]1CN(c2ccccc2CC2CCN(c3ccc(C4(O)CCCC4)cc3)C2=O)C[C@H](C)N1C. The predicted octanol–water partition coefficient (Wildman–Crippen LogP) is 4.57. The Labute approximate surface area is 204 Å². The number of likely N-dealkylation sites (N-methyl/N-ethyl adjacent to an activating group) is 1. The molecule has 5 nitrogen and oxygen atoms in total. The van der Waals surface area contributed by atoms with Gasteiger partial charge >= 0.3 is 0 Å². The molecule has 1 N–H and O–H groups in total. The van der Waals surface area contributed by atoms with Crippen LogP contribution in [0.1, 0.15) is 57.1 Å². The third kappa shape index (κ3) is 4.36. The van der Waals surface area contributed by atoms with E-state index in [9.17, 15) is 9.90 Å². The van der Waals surface area contributed by atoms with Gasteiger partial charge in [-0.05, 0) is 75.9 Å². The van der Waals surface area contributed by atoms with E-state index in [-0.39, 0.29) is 11.8 Å². The van der Waals surface area contributed by atoms with Gasteiger partial charge in [0, 0.05) is 49.0 Å². The number of carbonyl (C=O) groups excluding carboxylic acids is 1. The fraction of sp³-hybridized carbons (Fsp3) is 0.552. The summed E-state index contributed by atoms with van der Waals surface area (Å²) in [6, 6.07) is 17.7. The molecule has 1 unspecified atom stereocenters. The first-order chi connectivity index (χ1) is 16.4. The van der Waals surface area contributed by atoms with Crippen molar-refractivity contribution in [2.45, 2.75) is 70.1 Å². The van der Waals surface area contributed by atoms with Crippen LogP contribution in [0.2, 0.25) is 0 Å². The molecule has 5 rings (SSSR count). The van der Waals surface area contributed by atoms with Crippen molar-refractivity contribution in [2.24, 2.45) is 5.92 Å². The summed E-state index contributed by atoms with van der Waals surface area (Å²) >= 11 is 0. The van der Waals surface area contributed by atoms with Crippen LogP contribution < -0.4 is 9.80 Å². The zero-order valence-electron chi connectivity index (χ0n) is 20.9. The molecule has 1 saturated carbocycles. The Morgan fingerprint density at radius 2 is 1.62 bits per heavy atom. The van der Waals surface area contributed by atoms with Gasteiger partial charge in [-0.25, -0.2) is 0 Å². The van der Waals surface area contributed by atoms with E-state index in [0.29, 0.717) is 12.1 Å². The average Bonchev–Trinajstić information content (AvgIpc) is 3.44. The molecule has 0 spiro atoms. The van der Waals surface area contributed by atoms with E-state index in [1.807, 2.05) is 29.2 Å². The molecule has 1 aliphatic carbocycles. The van der Waals surface area contributed by atoms with Crippen molar-refractivity contribution in [2.75, 3.05) is 36.5 Å². The molecular weight excluding hydrogens is 422 g/mol. The highest BCUT2D eigenvalue weighted by Crippen LogP contribution is 2.39. The van der Waals surface area contributed by atoms with E-state index in [1.165, 1.54) is 11.3 Å².